The van der Waals surface area contributed by atoms with Gasteiger partial charge < -0.3 is 75.0 Å². The summed E-state index contributed by atoms with van der Waals surface area (Å²) in [5.74, 6) is -1.69. The first-order chi connectivity index (χ1) is 20.8. The number of carbonyl (C=O) groups excluding carboxylic acids is 3. The summed E-state index contributed by atoms with van der Waals surface area (Å²) < 4.78 is 34.2. The van der Waals surface area contributed by atoms with Crippen LogP contribution >= 0.6 is 0 Å². The fraction of sp³-hybridized carbons (Fsp3) is 0.885. The number of methoxy groups -OCH3 is 2. The van der Waals surface area contributed by atoms with Crippen LogP contribution in [0, 0.1) is 0 Å². The highest BCUT2D eigenvalue weighted by molar-refractivity contribution is 5.74. The number of carbonyl (C=O) groups is 3. The van der Waals surface area contributed by atoms with Gasteiger partial charge in [-0.3, -0.25) is 14.4 Å². The molecule has 3 fully saturated rings. The quantitative estimate of drug-likeness (QED) is 0.102. The molecule has 14 unspecified atom stereocenters. The van der Waals surface area contributed by atoms with Gasteiger partial charge in [0.1, 0.15) is 60.5 Å². The van der Waals surface area contributed by atoms with Gasteiger partial charge in [0.15, 0.2) is 12.6 Å². The lowest BCUT2D eigenvalue weighted by Gasteiger charge is -2.55. The molecule has 18 heteroatoms. The Morgan fingerprint density at radius 2 is 1.30 bits per heavy atom. The predicted octanol–water partition coefficient (Wildman–Crippen LogP) is -5.42. The van der Waals surface area contributed by atoms with Crippen molar-refractivity contribution in [1.29, 1.82) is 0 Å². The van der Waals surface area contributed by atoms with Crippen molar-refractivity contribution in [3.8, 4) is 0 Å². The Morgan fingerprint density at radius 1 is 0.750 bits per heavy atom. The monoisotopic (exact) mass is 639 g/mol. The molecule has 3 rings (SSSR count). The Kier molecular flexibility index (Phi) is 12.8. The van der Waals surface area contributed by atoms with Crippen LogP contribution in [-0.2, 0) is 42.8 Å². The van der Waals surface area contributed by atoms with Gasteiger partial charge in [-0.05, 0) is 0 Å². The van der Waals surface area contributed by atoms with E-state index in [1.165, 1.54) is 35.0 Å². The Labute approximate surface area is 253 Å². The summed E-state index contributed by atoms with van der Waals surface area (Å²) in [5.41, 5.74) is -2.24. The Hall–Kier alpha value is -2.07. The number of amides is 3. The third kappa shape index (κ3) is 7.65. The molecule has 0 aliphatic carbocycles. The summed E-state index contributed by atoms with van der Waals surface area (Å²) in [6, 6.07) is -3.67. The van der Waals surface area contributed by atoms with E-state index >= 15 is 0 Å². The molecule has 14 atom stereocenters. The van der Waals surface area contributed by atoms with Crippen LogP contribution in [0.25, 0.3) is 0 Å². The minimum Gasteiger partial charge on any atom is -0.394 e. The second kappa shape index (κ2) is 15.5. The summed E-state index contributed by atoms with van der Waals surface area (Å²) >= 11 is 0. The Morgan fingerprint density at radius 3 is 1.80 bits per heavy atom. The molecule has 3 aliphatic rings. The van der Waals surface area contributed by atoms with Gasteiger partial charge in [0.05, 0.1) is 31.9 Å². The van der Waals surface area contributed by atoms with E-state index in [4.69, 9.17) is 28.4 Å². The van der Waals surface area contributed by atoms with Crippen molar-refractivity contribution < 1.29 is 73.4 Å². The fourth-order valence-corrected chi connectivity index (χ4v) is 6.16. The molecule has 254 valence electrons. The average molecular weight is 640 g/mol. The van der Waals surface area contributed by atoms with Crippen LogP contribution in [-0.4, -0.2) is 168 Å². The number of nitrogens with one attached hydrogen (secondary N) is 3. The lowest BCUT2D eigenvalue weighted by molar-refractivity contribution is -0.346. The molecule has 9 N–H and O–H groups in total. The summed E-state index contributed by atoms with van der Waals surface area (Å²) in [6.45, 7) is 1.43. The van der Waals surface area contributed by atoms with Gasteiger partial charge in [-0.2, -0.15) is 0 Å². The van der Waals surface area contributed by atoms with Crippen molar-refractivity contribution in [2.75, 3.05) is 34.0 Å². The van der Waals surface area contributed by atoms with Gasteiger partial charge >= 0.3 is 0 Å². The van der Waals surface area contributed by atoms with Crippen LogP contribution in [0.1, 0.15) is 27.2 Å². The summed E-state index contributed by atoms with van der Waals surface area (Å²) in [4.78, 5) is 36.2. The van der Waals surface area contributed by atoms with E-state index in [2.05, 4.69) is 16.0 Å². The maximum atomic E-state index is 12.3. The number of aliphatic hydroxyl groups is 6. The number of rotatable bonds is 11. The molecule has 0 aromatic carbocycles. The van der Waals surface area contributed by atoms with E-state index in [1.807, 2.05) is 0 Å². The molecule has 0 aromatic rings. The largest absolute Gasteiger partial charge is 0.394 e. The smallest absolute Gasteiger partial charge is 0.217 e. The van der Waals surface area contributed by atoms with Crippen molar-refractivity contribution in [2.24, 2.45) is 0 Å². The van der Waals surface area contributed by atoms with Crippen molar-refractivity contribution in [2.45, 2.75) is 112 Å². The zero-order valence-corrected chi connectivity index (χ0v) is 25.2. The topological polar surface area (TPSA) is 264 Å². The average Bonchev–Trinajstić information content (AvgIpc) is 2.96. The normalized spacial score (nSPS) is 42.8. The lowest BCUT2D eigenvalue weighted by Crippen LogP contribution is -2.76. The molecular formula is C26H45N3O15. The SMILES string of the molecule is COC1OC(CO)C(OC2OC(CO)C(O)(C3OC(CO)C(OC)C(O)C3NC(C)=O)CC2NC(C)=O)C(O)C1NC(C)=O. The van der Waals surface area contributed by atoms with Crippen LogP contribution in [0.5, 0.6) is 0 Å². The van der Waals surface area contributed by atoms with Gasteiger partial charge in [-0.1, -0.05) is 0 Å². The summed E-state index contributed by atoms with van der Waals surface area (Å²) in [6.07, 6.45) is -14.0. The lowest BCUT2D eigenvalue weighted by atomic mass is 9.75. The molecule has 0 radical (unpaired) electrons. The van der Waals surface area contributed by atoms with Crippen molar-refractivity contribution >= 4 is 17.7 Å². The van der Waals surface area contributed by atoms with Crippen molar-refractivity contribution in [1.82, 2.24) is 16.0 Å². The third-order valence-corrected chi connectivity index (χ3v) is 8.07. The standard InChI is InChI=1S/C26H45N3O15/c1-10(33)27-13-6-26(38,23-17(28-11(2)34)19(36)21(39-4)14(7-30)41-23)16(9-32)43-24(13)44-22-15(8-31)42-25(40-5)18(20(22)37)29-12(3)35/h13-25,30-32,36-38H,6-9H2,1-5H3,(H,27,33)(H,28,34)(H,29,35). The Balaban J connectivity index is 1.98. The van der Waals surface area contributed by atoms with Gasteiger partial charge in [-0.15, -0.1) is 0 Å². The molecule has 0 aromatic heterocycles. The van der Waals surface area contributed by atoms with Gasteiger partial charge in [-0.25, -0.2) is 0 Å². The van der Waals surface area contributed by atoms with Gasteiger partial charge in [0.2, 0.25) is 17.7 Å². The van der Waals surface area contributed by atoms with Crippen LogP contribution in [0.4, 0.5) is 0 Å². The number of hydrogen-bond acceptors (Lipinski definition) is 15. The number of ether oxygens (including phenoxy) is 6. The van der Waals surface area contributed by atoms with Crippen molar-refractivity contribution in [3.63, 3.8) is 0 Å². The highest BCUT2D eigenvalue weighted by Gasteiger charge is 2.61. The predicted molar refractivity (Wildman–Crippen MR) is 144 cm³/mol. The van der Waals surface area contributed by atoms with E-state index in [1.54, 1.807) is 0 Å². The summed E-state index contributed by atoms with van der Waals surface area (Å²) in [7, 11) is 2.55. The molecule has 3 heterocycles. The molecule has 0 bridgehead atoms. The van der Waals surface area contributed by atoms with E-state index in [-0.39, 0.29) is 0 Å². The third-order valence-electron chi connectivity index (χ3n) is 8.07. The molecule has 44 heavy (non-hydrogen) atoms. The summed E-state index contributed by atoms with van der Waals surface area (Å²) in [5, 5.41) is 72.4. The van der Waals surface area contributed by atoms with Gasteiger partial charge in [0, 0.05) is 41.4 Å². The zero-order chi connectivity index (χ0) is 32.9. The van der Waals surface area contributed by atoms with Crippen LogP contribution < -0.4 is 16.0 Å². The highest BCUT2D eigenvalue weighted by atomic mass is 16.7. The highest BCUT2D eigenvalue weighted by Crippen LogP contribution is 2.40. The van der Waals surface area contributed by atoms with E-state index < -0.39 is 129 Å². The maximum absolute atomic E-state index is 12.3. The van der Waals surface area contributed by atoms with Crippen LogP contribution in [0.2, 0.25) is 0 Å². The maximum Gasteiger partial charge on any atom is 0.217 e. The van der Waals surface area contributed by atoms with E-state index in [0.717, 1.165) is 0 Å². The molecule has 0 spiro atoms. The fourth-order valence-electron chi connectivity index (χ4n) is 6.16. The Bertz CT molecular complexity index is 992. The number of hydrogen-bond donors (Lipinski definition) is 9. The molecular weight excluding hydrogens is 594 g/mol. The van der Waals surface area contributed by atoms with Crippen LogP contribution in [0.3, 0.4) is 0 Å². The molecule has 0 saturated carbocycles. The van der Waals surface area contributed by atoms with Crippen molar-refractivity contribution in [3.05, 3.63) is 0 Å². The molecule has 3 amide bonds. The molecule has 3 saturated heterocycles. The zero-order valence-electron chi connectivity index (χ0n) is 25.2. The molecule has 3 aliphatic heterocycles. The van der Waals surface area contributed by atoms with Crippen LogP contribution in [0.15, 0.2) is 0 Å². The van der Waals surface area contributed by atoms with Gasteiger partial charge in [0.25, 0.3) is 0 Å². The van der Waals surface area contributed by atoms with E-state index in [9.17, 15) is 45.0 Å². The first-order valence-electron chi connectivity index (χ1n) is 14.2. The van der Waals surface area contributed by atoms with E-state index in [0.29, 0.717) is 0 Å². The number of aliphatic hydroxyl groups excluding tert-OH is 5. The second-order valence-electron chi connectivity index (χ2n) is 11.2. The first-order valence-corrected chi connectivity index (χ1v) is 14.2. The second-order valence-corrected chi connectivity index (χ2v) is 11.2. The first kappa shape index (κ1) is 36.4. The minimum absolute atomic E-state index is 0.449. The molecule has 18 nitrogen and oxygen atoms in total. The minimum atomic E-state index is -2.24.